The van der Waals surface area contributed by atoms with Crippen molar-refractivity contribution < 1.29 is 0 Å². The number of hydrogen-bond donors (Lipinski definition) is 1. The van der Waals surface area contributed by atoms with E-state index in [-0.39, 0.29) is 0 Å². The van der Waals surface area contributed by atoms with E-state index in [2.05, 4.69) is 39.8 Å². The van der Waals surface area contributed by atoms with E-state index in [1.54, 1.807) is 0 Å². The van der Waals surface area contributed by atoms with Gasteiger partial charge in [-0.3, -0.25) is 0 Å². The first-order valence-electron chi connectivity index (χ1n) is 7.19. The summed E-state index contributed by atoms with van der Waals surface area (Å²) in [6.07, 6.45) is 6.75. The molecule has 2 heterocycles. The van der Waals surface area contributed by atoms with Crippen LogP contribution >= 0.6 is 0 Å². The van der Waals surface area contributed by atoms with Crippen LogP contribution in [0, 0.1) is 5.92 Å². The smallest absolute Gasteiger partial charge is 0.122 e. The molecular weight excluding hydrogens is 224 g/mol. The molecule has 102 valence electrons. The lowest BCUT2D eigenvalue weighted by Gasteiger charge is -2.16. The Balaban J connectivity index is 1.75. The van der Waals surface area contributed by atoms with Crippen molar-refractivity contribution >= 4 is 0 Å². The normalized spacial score (nSPS) is 16.8. The Labute approximate surface area is 110 Å². The molecule has 0 radical (unpaired) electrons. The number of likely N-dealkylation sites (tertiary alicyclic amines) is 1. The predicted octanol–water partition coefficient (Wildman–Crippen LogP) is 1.72. The molecule has 1 aromatic heterocycles. The van der Waals surface area contributed by atoms with Gasteiger partial charge in [0, 0.05) is 25.5 Å². The van der Waals surface area contributed by atoms with Crippen LogP contribution < -0.4 is 5.32 Å². The zero-order valence-corrected chi connectivity index (χ0v) is 11.7. The first kappa shape index (κ1) is 13.6. The van der Waals surface area contributed by atoms with Crippen LogP contribution in [0.2, 0.25) is 0 Å². The first-order chi connectivity index (χ1) is 8.75. The summed E-state index contributed by atoms with van der Waals surface area (Å²) in [5.74, 6) is 1.85. The van der Waals surface area contributed by atoms with Crippen LogP contribution in [0.5, 0.6) is 0 Å². The number of nitrogens with one attached hydrogen (secondary N) is 1. The molecule has 1 aromatic rings. The molecule has 4 heteroatoms. The Morgan fingerprint density at radius 2 is 2.06 bits per heavy atom. The molecule has 1 fully saturated rings. The average molecular weight is 250 g/mol. The quantitative estimate of drug-likeness (QED) is 0.800. The largest absolute Gasteiger partial charge is 0.333 e. The van der Waals surface area contributed by atoms with E-state index in [1.807, 2.05) is 6.20 Å². The SMILES string of the molecule is CC(C)CNCc1nccn1CCN1CCCC1. The minimum atomic E-state index is 0.693. The highest BCUT2D eigenvalue weighted by molar-refractivity contribution is 4.92. The number of aromatic nitrogens is 2. The topological polar surface area (TPSA) is 33.1 Å². The molecule has 0 unspecified atom stereocenters. The third kappa shape index (κ3) is 4.10. The molecule has 2 rings (SSSR count). The lowest BCUT2D eigenvalue weighted by atomic mass is 10.2. The zero-order valence-electron chi connectivity index (χ0n) is 11.7. The van der Waals surface area contributed by atoms with Crippen LogP contribution in [-0.4, -0.2) is 40.6 Å². The molecule has 0 aromatic carbocycles. The van der Waals surface area contributed by atoms with Crippen LogP contribution in [0.1, 0.15) is 32.5 Å². The Morgan fingerprint density at radius 3 is 2.78 bits per heavy atom. The van der Waals surface area contributed by atoms with Crippen LogP contribution in [0.4, 0.5) is 0 Å². The maximum absolute atomic E-state index is 4.44. The van der Waals surface area contributed by atoms with Crippen LogP contribution in [0.15, 0.2) is 12.4 Å². The molecule has 0 saturated carbocycles. The van der Waals surface area contributed by atoms with Crippen molar-refractivity contribution in [1.82, 2.24) is 19.8 Å². The molecule has 1 N–H and O–H groups in total. The average Bonchev–Trinajstić information content (AvgIpc) is 2.96. The molecular formula is C14H26N4. The van der Waals surface area contributed by atoms with E-state index in [4.69, 9.17) is 0 Å². The van der Waals surface area contributed by atoms with Crippen molar-refractivity contribution in [3.05, 3.63) is 18.2 Å². The number of nitrogens with zero attached hydrogens (tertiary/aromatic N) is 3. The van der Waals surface area contributed by atoms with Gasteiger partial charge in [0.25, 0.3) is 0 Å². The molecule has 0 bridgehead atoms. The summed E-state index contributed by atoms with van der Waals surface area (Å²) in [7, 11) is 0. The molecule has 0 spiro atoms. The molecule has 0 atom stereocenters. The van der Waals surface area contributed by atoms with E-state index in [0.29, 0.717) is 5.92 Å². The van der Waals surface area contributed by atoms with Gasteiger partial charge in [0.1, 0.15) is 5.82 Å². The highest BCUT2D eigenvalue weighted by atomic mass is 15.2. The molecule has 0 amide bonds. The summed E-state index contributed by atoms with van der Waals surface area (Å²) in [6, 6.07) is 0. The van der Waals surface area contributed by atoms with Gasteiger partial charge < -0.3 is 14.8 Å². The Bertz CT molecular complexity index is 339. The first-order valence-corrected chi connectivity index (χ1v) is 7.19. The Kier molecular flexibility index (Phi) is 5.20. The van der Waals surface area contributed by atoms with Crippen molar-refractivity contribution in [2.24, 2.45) is 5.92 Å². The van der Waals surface area contributed by atoms with Gasteiger partial charge in [-0.15, -0.1) is 0 Å². The van der Waals surface area contributed by atoms with Crippen molar-refractivity contribution in [3.8, 4) is 0 Å². The monoisotopic (exact) mass is 250 g/mol. The van der Waals surface area contributed by atoms with Gasteiger partial charge in [0.2, 0.25) is 0 Å². The van der Waals surface area contributed by atoms with E-state index >= 15 is 0 Å². The second kappa shape index (κ2) is 6.90. The molecule has 1 aliphatic heterocycles. The molecule has 1 aliphatic rings. The van der Waals surface area contributed by atoms with E-state index in [9.17, 15) is 0 Å². The van der Waals surface area contributed by atoms with E-state index in [0.717, 1.165) is 32.0 Å². The lowest BCUT2D eigenvalue weighted by Crippen LogP contribution is -2.26. The number of rotatable bonds is 7. The van der Waals surface area contributed by atoms with E-state index < -0.39 is 0 Å². The van der Waals surface area contributed by atoms with Gasteiger partial charge in [-0.05, 0) is 38.4 Å². The summed E-state index contributed by atoms with van der Waals surface area (Å²) in [4.78, 5) is 6.99. The lowest BCUT2D eigenvalue weighted by molar-refractivity contribution is 0.320. The summed E-state index contributed by atoms with van der Waals surface area (Å²) < 4.78 is 2.28. The van der Waals surface area contributed by atoms with Gasteiger partial charge in [-0.25, -0.2) is 4.98 Å². The van der Waals surface area contributed by atoms with Crippen molar-refractivity contribution in [3.63, 3.8) is 0 Å². The molecule has 4 nitrogen and oxygen atoms in total. The van der Waals surface area contributed by atoms with Crippen LogP contribution in [0.3, 0.4) is 0 Å². The second-order valence-corrected chi connectivity index (χ2v) is 5.61. The fourth-order valence-electron chi connectivity index (χ4n) is 2.44. The maximum atomic E-state index is 4.44. The molecule has 18 heavy (non-hydrogen) atoms. The van der Waals surface area contributed by atoms with Gasteiger partial charge in [-0.2, -0.15) is 0 Å². The third-order valence-electron chi connectivity index (χ3n) is 3.49. The highest BCUT2D eigenvalue weighted by Crippen LogP contribution is 2.07. The summed E-state index contributed by atoms with van der Waals surface area (Å²) in [6.45, 7) is 11.2. The second-order valence-electron chi connectivity index (χ2n) is 5.61. The maximum Gasteiger partial charge on any atom is 0.122 e. The fraction of sp³-hybridized carbons (Fsp3) is 0.786. The van der Waals surface area contributed by atoms with Crippen molar-refractivity contribution in [2.45, 2.75) is 39.8 Å². The highest BCUT2D eigenvalue weighted by Gasteiger charge is 2.11. The summed E-state index contributed by atoms with van der Waals surface area (Å²) in [5.41, 5.74) is 0. The molecule has 1 saturated heterocycles. The van der Waals surface area contributed by atoms with Crippen molar-refractivity contribution in [1.29, 1.82) is 0 Å². The Hall–Kier alpha value is -0.870. The molecule has 0 aliphatic carbocycles. The zero-order chi connectivity index (χ0) is 12.8. The third-order valence-corrected chi connectivity index (χ3v) is 3.49. The predicted molar refractivity (Wildman–Crippen MR) is 74.4 cm³/mol. The minimum Gasteiger partial charge on any atom is -0.333 e. The van der Waals surface area contributed by atoms with Crippen molar-refractivity contribution in [2.75, 3.05) is 26.2 Å². The van der Waals surface area contributed by atoms with E-state index in [1.165, 1.54) is 25.9 Å². The fourth-order valence-corrected chi connectivity index (χ4v) is 2.44. The minimum absolute atomic E-state index is 0.693. The van der Waals surface area contributed by atoms with Crippen LogP contribution in [-0.2, 0) is 13.1 Å². The van der Waals surface area contributed by atoms with Gasteiger partial charge in [0.05, 0.1) is 6.54 Å². The van der Waals surface area contributed by atoms with Crippen LogP contribution in [0.25, 0.3) is 0 Å². The van der Waals surface area contributed by atoms with Gasteiger partial charge in [-0.1, -0.05) is 13.8 Å². The summed E-state index contributed by atoms with van der Waals surface area (Å²) >= 11 is 0. The number of imidazole rings is 1. The van der Waals surface area contributed by atoms with Gasteiger partial charge >= 0.3 is 0 Å². The summed E-state index contributed by atoms with van der Waals surface area (Å²) in [5, 5.41) is 3.46. The van der Waals surface area contributed by atoms with Gasteiger partial charge in [0.15, 0.2) is 0 Å². The number of hydrogen-bond acceptors (Lipinski definition) is 3. The Morgan fingerprint density at radius 1 is 1.28 bits per heavy atom. The standard InChI is InChI=1S/C14H26N4/c1-13(2)11-15-12-14-16-5-8-18(14)10-9-17-6-3-4-7-17/h5,8,13,15H,3-4,6-7,9-12H2,1-2H3.